The molecule has 0 aliphatic carbocycles. The molecule has 0 aromatic heterocycles. The van der Waals surface area contributed by atoms with E-state index in [1.54, 1.807) is 11.0 Å². The van der Waals surface area contributed by atoms with E-state index >= 15 is 0 Å². The van der Waals surface area contributed by atoms with Crippen molar-refractivity contribution in [1.29, 1.82) is 0 Å². The highest BCUT2D eigenvalue weighted by atomic mass is 19.1. The van der Waals surface area contributed by atoms with Gasteiger partial charge in [0.25, 0.3) is 0 Å². The first-order valence-corrected chi connectivity index (χ1v) is 11.0. The van der Waals surface area contributed by atoms with Gasteiger partial charge in [-0.1, -0.05) is 38.1 Å². The first-order valence-electron chi connectivity index (χ1n) is 11.0. The molecular formula is C25H29FN4O2. The molecule has 168 valence electrons. The normalized spacial score (nSPS) is 23.8. The highest BCUT2D eigenvalue weighted by molar-refractivity contribution is 5.99. The number of guanidine groups is 1. The van der Waals surface area contributed by atoms with Gasteiger partial charge >= 0.3 is 0 Å². The van der Waals surface area contributed by atoms with Crippen molar-refractivity contribution in [3.05, 3.63) is 65.5 Å². The van der Waals surface area contributed by atoms with Crippen LogP contribution in [-0.2, 0) is 16.1 Å². The summed E-state index contributed by atoms with van der Waals surface area (Å²) in [5.74, 6) is 0.0205. The topological polar surface area (TPSA) is 79.0 Å². The Morgan fingerprint density at radius 2 is 1.91 bits per heavy atom. The average Bonchev–Trinajstić information content (AvgIpc) is 3.13. The van der Waals surface area contributed by atoms with Gasteiger partial charge in [-0.05, 0) is 48.2 Å². The standard InChI is InChI=1S/C25H29FN4O2/c1-16(2)25(3)13-23(32)30(24(27)28-25)14-17-6-4-9-21(10-17)29-15-19(12-22(29)31)18-7-5-8-20(26)11-18/h4-11,16,19H,12-15H2,1-3H3,(H2,27,28)/t19?,25-/m0/s1. The number of hydrogen-bond acceptors (Lipinski definition) is 4. The summed E-state index contributed by atoms with van der Waals surface area (Å²) in [6.07, 6.45) is 0.649. The quantitative estimate of drug-likeness (QED) is 0.774. The minimum Gasteiger partial charge on any atom is -0.369 e. The summed E-state index contributed by atoms with van der Waals surface area (Å²) < 4.78 is 13.6. The number of rotatable bonds is 5. The van der Waals surface area contributed by atoms with Crippen molar-refractivity contribution in [3.63, 3.8) is 0 Å². The van der Waals surface area contributed by atoms with Gasteiger partial charge in [-0.15, -0.1) is 0 Å². The van der Waals surface area contributed by atoms with Crippen LogP contribution in [0.3, 0.4) is 0 Å². The molecule has 1 saturated heterocycles. The monoisotopic (exact) mass is 436 g/mol. The number of aliphatic imine (C=N–C) groups is 1. The molecule has 2 heterocycles. The maximum Gasteiger partial charge on any atom is 0.232 e. The molecule has 2 aliphatic rings. The Morgan fingerprint density at radius 1 is 1.16 bits per heavy atom. The van der Waals surface area contributed by atoms with E-state index in [4.69, 9.17) is 5.73 Å². The molecule has 4 rings (SSSR count). The zero-order chi connectivity index (χ0) is 23.0. The Hall–Kier alpha value is -3.22. The summed E-state index contributed by atoms with van der Waals surface area (Å²) in [4.78, 5) is 33.4. The maximum absolute atomic E-state index is 13.6. The van der Waals surface area contributed by atoms with Crippen LogP contribution in [0, 0.1) is 11.7 Å². The van der Waals surface area contributed by atoms with Gasteiger partial charge in [-0.3, -0.25) is 14.5 Å². The zero-order valence-corrected chi connectivity index (χ0v) is 18.7. The number of nitrogens with zero attached hydrogens (tertiary/aromatic N) is 3. The lowest BCUT2D eigenvalue weighted by molar-refractivity contribution is -0.130. The summed E-state index contributed by atoms with van der Waals surface area (Å²) in [6, 6.07) is 14.0. The van der Waals surface area contributed by atoms with Crippen LogP contribution in [-0.4, -0.2) is 34.8 Å². The third-order valence-electron chi connectivity index (χ3n) is 6.71. The molecule has 1 fully saturated rings. The van der Waals surface area contributed by atoms with Crippen LogP contribution in [0.1, 0.15) is 50.7 Å². The molecule has 2 amide bonds. The van der Waals surface area contributed by atoms with Crippen LogP contribution >= 0.6 is 0 Å². The first-order chi connectivity index (χ1) is 15.2. The summed E-state index contributed by atoms with van der Waals surface area (Å²) in [5.41, 5.74) is 8.13. The number of carbonyl (C=O) groups excluding carboxylic acids is 2. The molecule has 2 N–H and O–H groups in total. The largest absolute Gasteiger partial charge is 0.369 e. The molecule has 7 heteroatoms. The molecule has 0 spiro atoms. The van der Waals surface area contributed by atoms with E-state index in [1.807, 2.05) is 51.1 Å². The first kappa shape index (κ1) is 22.0. The van der Waals surface area contributed by atoms with Gasteiger partial charge in [-0.2, -0.15) is 0 Å². The third-order valence-corrected chi connectivity index (χ3v) is 6.71. The van der Waals surface area contributed by atoms with Crippen LogP contribution in [0.25, 0.3) is 0 Å². The minimum atomic E-state index is -0.493. The Balaban J connectivity index is 1.52. The number of nitrogens with two attached hydrogens (primary N) is 1. The highest BCUT2D eigenvalue weighted by Gasteiger charge is 2.38. The predicted octanol–water partition coefficient (Wildman–Crippen LogP) is 3.81. The molecule has 0 radical (unpaired) electrons. The van der Waals surface area contributed by atoms with E-state index in [9.17, 15) is 14.0 Å². The van der Waals surface area contributed by atoms with Gasteiger partial charge in [0.15, 0.2) is 5.96 Å². The summed E-state index contributed by atoms with van der Waals surface area (Å²) in [6.45, 7) is 6.81. The molecular weight excluding hydrogens is 407 g/mol. The number of hydrogen-bond donors (Lipinski definition) is 1. The summed E-state index contributed by atoms with van der Waals surface area (Å²) >= 11 is 0. The van der Waals surface area contributed by atoms with Gasteiger partial charge in [0.2, 0.25) is 11.8 Å². The van der Waals surface area contributed by atoms with Gasteiger partial charge in [0.05, 0.1) is 18.5 Å². The Morgan fingerprint density at radius 3 is 2.59 bits per heavy atom. The van der Waals surface area contributed by atoms with Crippen LogP contribution < -0.4 is 10.6 Å². The van der Waals surface area contributed by atoms with E-state index in [2.05, 4.69) is 4.99 Å². The Bertz CT molecular complexity index is 1080. The smallest absolute Gasteiger partial charge is 0.232 e. The van der Waals surface area contributed by atoms with E-state index in [-0.39, 0.29) is 35.4 Å². The van der Waals surface area contributed by atoms with E-state index in [1.165, 1.54) is 17.0 Å². The Labute approximate surface area is 187 Å². The van der Waals surface area contributed by atoms with Crippen LogP contribution in [0.5, 0.6) is 0 Å². The highest BCUT2D eigenvalue weighted by Crippen LogP contribution is 2.33. The fourth-order valence-corrected chi connectivity index (χ4v) is 4.34. The molecule has 0 bridgehead atoms. The third kappa shape index (κ3) is 4.24. The minimum absolute atomic E-state index is 0.000707. The lowest BCUT2D eigenvalue weighted by Crippen LogP contribution is -2.51. The van der Waals surface area contributed by atoms with E-state index in [0.717, 1.165) is 16.8 Å². The number of anilines is 1. The molecule has 2 aromatic carbocycles. The van der Waals surface area contributed by atoms with Crippen molar-refractivity contribution >= 4 is 23.5 Å². The van der Waals surface area contributed by atoms with Crippen LogP contribution in [0.15, 0.2) is 53.5 Å². The van der Waals surface area contributed by atoms with Crippen molar-refractivity contribution in [2.75, 3.05) is 11.4 Å². The van der Waals surface area contributed by atoms with Crippen LogP contribution in [0.4, 0.5) is 10.1 Å². The second-order valence-corrected chi connectivity index (χ2v) is 9.27. The Kier molecular flexibility index (Phi) is 5.75. The van der Waals surface area contributed by atoms with Crippen molar-refractivity contribution in [2.24, 2.45) is 16.6 Å². The number of halogens is 1. The van der Waals surface area contributed by atoms with Gasteiger partial charge < -0.3 is 10.6 Å². The second kappa shape index (κ2) is 8.37. The van der Waals surface area contributed by atoms with E-state index in [0.29, 0.717) is 25.9 Å². The molecule has 1 unspecified atom stereocenters. The van der Waals surface area contributed by atoms with Crippen molar-refractivity contribution in [1.82, 2.24) is 4.90 Å². The van der Waals surface area contributed by atoms with Crippen molar-refractivity contribution in [3.8, 4) is 0 Å². The van der Waals surface area contributed by atoms with Crippen molar-refractivity contribution in [2.45, 2.75) is 51.6 Å². The number of carbonyl (C=O) groups is 2. The van der Waals surface area contributed by atoms with E-state index < -0.39 is 5.54 Å². The fourth-order valence-electron chi connectivity index (χ4n) is 4.34. The number of amides is 2. The lowest BCUT2D eigenvalue weighted by atomic mass is 9.84. The molecule has 2 aromatic rings. The molecule has 32 heavy (non-hydrogen) atoms. The van der Waals surface area contributed by atoms with Crippen molar-refractivity contribution < 1.29 is 14.0 Å². The average molecular weight is 437 g/mol. The van der Waals surface area contributed by atoms with Gasteiger partial charge in [0, 0.05) is 24.6 Å². The SMILES string of the molecule is CC(C)[C@]1(C)CC(=O)N(Cc2cccc(N3CC(c4cccc(F)c4)CC3=O)c2)C(N)=N1. The molecule has 6 nitrogen and oxygen atoms in total. The summed E-state index contributed by atoms with van der Waals surface area (Å²) in [7, 11) is 0. The molecule has 0 saturated carbocycles. The number of benzene rings is 2. The second-order valence-electron chi connectivity index (χ2n) is 9.27. The molecule has 2 atom stereocenters. The predicted molar refractivity (Wildman–Crippen MR) is 123 cm³/mol. The van der Waals surface area contributed by atoms with Gasteiger partial charge in [0.1, 0.15) is 5.82 Å². The summed E-state index contributed by atoms with van der Waals surface area (Å²) in [5, 5.41) is 0. The lowest BCUT2D eigenvalue weighted by Gasteiger charge is -2.37. The zero-order valence-electron chi connectivity index (χ0n) is 18.7. The van der Waals surface area contributed by atoms with Crippen LogP contribution in [0.2, 0.25) is 0 Å². The van der Waals surface area contributed by atoms with Gasteiger partial charge in [-0.25, -0.2) is 9.38 Å². The maximum atomic E-state index is 13.6. The molecule has 2 aliphatic heterocycles. The fraction of sp³-hybridized carbons (Fsp3) is 0.400.